The molecule has 7 nitrogen and oxygen atoms in total. The van der Waals surface area contributed by atoms with E-state index < -0.39 is 17.9 Å². The Bertz CT molecular complexity index is 795. The topological polar surface area (TPSA) is 85.9 Å². The molecule has 1 unspecified atom stereocenters. The second kappa shape index (κ2) is 9.82. The van der Waals surface area contributed by atoms with Crippen molar-refractivity contribution in [1.29, 1.82) is 0 Å². The maximum atomic E-state index is 12.0. The minimum absolute atomic E-state index is 0.226. The Kier molecular flexibility index (Phi) is 7.48. The number of benzene rings is 2. The highest BCUT2D eigenvalue weighted by atomic mass is 79.9. The van der Waals surface area contributed by atoms with Gasteiger partial charge in [0.05, 0.1) is 7.11 Å². The van der Waals surface area contributed by atoms with Gasteiger partial charge in [0.1, 0.15) is 17.2 Å². The number of carbonyl (C=O) groups is 2. The first-order valence-electron chi connectivity index (χ1n) is 8.17. The van der Waals surface area contributed by atoms with Gasteiger partial charge in [-0.2, -0.15) is 0 Å². The maximum absolute atomic E-state index is 12.0. The molecule has 2 aromatic rings. The molecule has 0 aliphatic rings. The minimum Gasteiger partial charge on any atom is -0.497 e. The highest BCUT2D eigenvalue weighted by Crippen LogP contribution is 2.22. The third-order valence-electron chi connectivity index (χ3n) is 3.56. The van der Waals surface area contributed by atoms with Gasteiger partial charge in [-0.15, -0.1) is 0 Å². The van der Waals surface area contributed by atoms with Crippen molar-refractivity contribution in [2.24, 2.45) is 0 Å². The predicted octanol–water partition coefficient (Wildman–Crippen LogP) is 2.76. The summed E-state index contributed by atoms with van der Waals surface area (Å²) >= 11 is 3.36. The molecule has 0 radical (unpaired) electrons. The van der Waals surface area contributed by atoms with Crippen molar-refractivity contribution in [2.45, 2.75) is 20.0 Å². The first-order valence-corrected chi connectivity index (χ1v) is 8.96. The van der Waals surface area contributed by atoms with Crippen LogP contribution in [0.25, 0.3) is 0 Å². The van der Waals surface area contributed by atoms with Crippen LogP contribution >= 0.6 is 15.9 Å². The maximum Gasteiger partial charge on any atom is 0.279 e. The van der Waals surface area contributed by atoms with E-state index in [1.807, 2.05) is 19.1 Å². The zero-order chi connectivity index (χ0) is 19.8. The van der Waals surface area contributed by atoms with E-state index in [1.165, 1.54) is 0 Å². The molecule has 0 saturated heterocycles. The second-order valence-electron chi connectivity index (χ2n) is 5.67. The summed E-state index contributed by atoms with van der Waals surface area (Å²) in [6, 6.07) is 12.3. The molecule has 27 heavy (non-hydrogen) atoms. The van der Waals surface area contributed by atoms with Gasteiger partial charge in [-0.05, 0) is 61.9 Å². The fourth-order valence-corrected chi connectivity index (χ4v) is 2.57. The first-order chi connectivity index (χ1) is 12.9. The van der Waals surface area contributed by atoms with Crippen LogP contribution in [0.3, 0.4) is 0 Å². The standard InChI is InChI=1S/C19H21BrN2O5/c1-12-10-14(20)4-9-17(12)26-11-18(23)21-22-19(24)13(2)27-16-7-5-15(25-3)6-8-16/h4-10,13H,11H2,1-3H3,(H,21,23)(H,22,24). The van der Waals surface area contributed by atoms with Crippen molar-refractivity contribution >= 4 is 27.7 Å². The van der Waals surface area contributed by atoms with Gasteiger partial charge < -0.3 is 14.2 Å². The highest BCUT2D eigenvalue weighted by molar-refractivity contribution is 9.10. The van der Waals surface area contributed by atoms with Crippen LogP contribution in [0.1, 0.15) is 12.5 Å². The number of aryl methyl sites for hydroxylation is 1. The van der Waals surface area contributed by atoms with E-state index >= 15 is 0 Å². The highest BCUT2D eigenvalue weighted by Gasteiger charge is 2.15. The third kappa shape index (κ3) is 6.49. The molecule has 0 fully saturated rings. The minimum atomic E-state index is -0.798. The second-order valence-corrected chi connectivity index (χ2v) is 6.59. The lowest BCUT2D eigenvalue weighted by Gasteiger charge is -2.15. The van der Waals surface area contributed by atoms with Gasteiger partial charge in [-0.3, -0.25) is 20.4 Å². The number of methoxy groups -OCH3 is 1. The van der Waals surface area contributed by atoms with Crippen molar-refractivity contribution in [2.75, 3.05) is 13.7 Å². The number of hydrogen-bond acceptors (Lipinski definition) is 5. The van der Waals surface area contributed by atoms with Crippen LogP contribution in [-0.4, -0.2) is 31.6 Å². The summed E-state index contributed by atoms with van der Waals surface area (Å²) in [4.78, 5) is 23.9. The van der Waals surface area contributed by atoms with Crippen LogP contribution in [0.4, 0.5) is 0 Å². The molecule has 0 aliphatic heterocycles. The Labute approximate surface area is 166 Å². The van der Waals surface area contributed by atoms with Gasteiger partial charge in [-0.1, -0.05) is 15.9 Å². The van der Waals surface area contributed by atoms with Gasteiger partial charge in [-0.25, -0.2) is 0 Å². The van der Waals surface area contributed by atoms with Crippen molar-refractivity contribution in [3.05, 3.63) is 52.5 Å². The zero-order valence-electron chi connectivity index (χ0n) is 15.2. The average Bonchev–Trinajstić information content (AvgIpc) is 2.66. The number of hydrazine groups is 1. The molecule has 2 N–H and O–H groups in total. The molecule has 0 heterocycles. The van der Waals surface area contributed by atoms with Gasteiger partial charge >= 0.3 is 0 Å². The van der Waals surface area contributed by atoms with E-state index in [9.17, 15) is 9.59 Å². The summed E-state index contributed by atoms with van der Waals surface area (Å²) in [5.41, 5.74) is 5.50. The molecule has 0 spiro atoms. The van der Waals surface area contributed by atoms with Crippen LogP contribution in [0.5, 0.6) is 17.2 Å². The summed E-state index contributed by atoms with van der Waals surface area (Å²) < 4.78 is 16.9. The Morgan fingerprint density at radius 1 is 1.07 bits per heavy atom. The monoisotopic (exact) mass is 436 g/mol. The average molecular weight is 437 g/mol. The number of nitrogens with one attached hydrogen (secondary N) is 2. The summed E-state index contributed by atoms with van der Waals surface area (Å²) in [6.07, 6.45) is -0.798. The van der Waals surface area contributed by atoms with E-state index in [-0.39, 0.29) is 6.61 Å². The SMILES string of the molecule is COc1ccc(OC(C)C(=O)NNC(=O)COc2ccc(Br)cc2C)cc1. The molecule has 2 rings (SSSR count). The molecule has 8 heteroatoms. The van der Waals surface area contributed by atoms with Crippen LogP contribution in [0.15, 0.2) is 46.9 Å². The molecule has 0 aromatic heterocycles. The fraction of sp³-hybridized carbons (Fsp3) is 0.263. The van der Waals surface area contributed by atoms with E-state index in [0.717, 1.165) is 10.0 Å². The lowest BCUT2D eigenvalue weighted by molar-refractivity contribution is -0.133. The van der Waals surface area contributed by atoms with Gasteiger partial charge in [0.2, 0.25) is 0 Å². The van der Waals surface area contributed by atoms with Crippen LogP contribution in [0, 0.1) is 6.92 Å². The Morgan fingerprint density at radius 3 is 2.37 bits per heavy atom. The van der Waals surface area contributed by atoms with Gasteiger partial charge in [0.25, 0.3) is 11.8 Å². The van der Waals surface area contributed by atoms with E-state index in [1.54, 1.807) is 44.4 Å². The molecule has 0 saturated carbocycles. The zero-order valence-corrected chi connectivity index (χ0v) is 16.8. The fourth-order valence-electron chi connectivity index (χ4n) is 2.10. The van der Waals surface area contributed by atoms with Crippen LogP contribution in [0.2, 0.25) is 0 Å². The smallest absolute Gasteiger partial charge is 0.279 e. The summed E-state index contributed by atoms with van der Waals surface area (Å²) in [5.74, 6) is 0.823. The van der Waals surface area contributed by atoms with Crippen LogP contribution in [-0.2, 0) is 9.59 Å². The quantitative estimate of drug-likeness (QED) is 0.651. The Morgan fingerprint density at radius 2 is 1.74 bits per heavy atom. The van der Waals surface area contributed by atoms with E-state index in [0.29, 0.717) is 17.2 Å². The molecule has 0 bridgehead atoms. The summed E-state index contributed by atoms with van der Waals surface area (Å²) in [7, 11) is 1.57. The molecule has 144 valence electrons. The lowest BCUT2D eigenvalue weighted by atomic mass is 10.2. The molecule has 1 atom stereocenters. The molecule has 0 aliphatic carbocycles. The van der Waals surface area contributed by atoms with Crippen molar-refractivity contribution in [1.82, 2.24) is 10.9 Å². The number of carbonyl (C=O) groups excluding carboxylic acids is 2. The summed E-state index contributed by atoms with van der Waals surface area (Å²) in [5, 5.41) is 0. The molecule has 2 aromatic carbocycles. The van der Waals surface area contributed by atoms with Gasteiger partial charge in [0, 0.05) is 4.47 Å². The first kappa shape index (κ1) is 20.6. The number of rotatable bonds is 7. The lowest BCUT2D eigenvalue weighted by Crippen LogP contribution is -2.48. The van der Waals surface area contributed by atoms with Crippen molar-refractivity contribution < 1.29 is 23.8 Å². The Balaban J connectivity index is 1.75. The van der Waals surface area contributed by atoms with E-state index in [4.69, 9.17) is 14.2 Å². The molecular weight excluding hydrogens is 416 g/mol. The number of ether oxygens (including phenoxy) is 3. The molecule has 2 amide bonds. The van der Waals surface area contributed by atoms with Gasteiger partial charge in [0.15, 0.2) is 12.7 Å². The number of amides is 2. The largest absolute Gasteiger partial charge is 0.497 e. The van der Waals surface area contributed by atoms with E-state index in [2.05, 4.69) is 26.8 Å². The van der Waals surface area contributed by atoms with Crippen molar-refractivity contribution in [3.63, 3.8) is 0 Å². The molecular formula is C19H21BrN2O5. The Hall–Kier alpha value is -2.74. The normalized spacial score (nSPS) is 11.3. The summed E-state index contributed by atoms with van der Waals surface area (Å²) in [6.45, 7) is 3.22. The number of halogens is 1. The third-order valence-corrected chi connectivity index (χ3v) is 4.06. The van der Waals surface area contributed by atoms with Crippen molar-refractivity contribution in [3.8, 4) is 17.2 Å². The predicted molar refractivity (Wildman–Crippen MR) is 104 cm³/mol. The number of hydrogen-bond donors (Lipinski definition) is 2. The van der Waals surface area contributed by atoms with Crippen LogP contribution < -0.4 is 25.1 Å².